The number of alkyl halides is 4. The van der Waals surface area contributed by atoms with Gasteiger partial charge < -0.3 is 14.9 Å². The molecule has 0 aromatic heterocycles. The molecule has 1 amide bonds. The topological polar surface area (TPSA) is 43.8 Å². The number of nitrogens with zero attached hydrogens (tertiary/aromatic N) is 2. The Hall–Kier alpha value is -2.61. The van der Waals surface area contributed by atoms with Crippen molar-refractivity contribution in [1.29, 1.82) is 0 Å². The molecule has 0 saturated carbocycles. The molecule has 2 aromatic rings. The Labute approximate surface area is 172 Å². The van der Waals surface area contributed by atoms with Crippen LogP contribution in [0, 0.1) is 0 Å². The molecule has 3 rings (SSSR count). The summed E-state index contributed by atoms with van der Waals surface area (Å²) in [5.41, 5.74) is 1.83. The van der Waals surface area contributed by atoms with E-state index in [1.165, 1.54) is 11.0 Å². The van der Waals surface area contributed by atoms with Gasteiger partial charge in [0, 0.05) is 37.6 Å². The van der Waals surface area contributed by atoms with Gasteiger partial charge in [-0.3, -0.25) is 4.79 Å². The number of aliphatic hydroxyl groups is 1. The minimum atomic E-state index is -5.44. The van der Waals surface area contributed by atoms with Crippen molar-refractivity contribution in [1.82, 2.24) is 0 Å². The lowest BCUT2D eigenvalue weighted by Crippen LogP contribution is -2.38. The van der Waals surface area contributed by atoms with Gasteiger partial charge in [0.1, 0.15) is 0 Å². The third kappa shape index (κ3) is 4.43. The zero-order valence-electron chi connectivity index (χ0n) is 16.8. The van der Waals surface area contributed by atoms with Gasteiger partial charge in [0.05, 0.1) is 6.42 Å². The molecule has 0 spiro atoms. The van der Waals surface area contributed by atoms with Crippen molar-refractivity contribution >= 4 is 17.3 Å². The number of rotatable bonds is 4. The first-order chi connectivity index (χ1) is 14.0. The van der Waals surface area contributed by atoms with Gasteiger partial charge in [-0.25, -0.2) is 0 Å². The van der Waals surface area contributed by atoms with E-state index in [1.54, 1.807) is 0 Å². The maximum atomic E-state index is 14.0. The Balaban J connectivity index is 1.86. The van der Waals surface area contributed by atoms with Gasteiger partial charge in [0.15, 0.2) is 0 Å². The van der Waals surface area contributed by atoms with Crippen LogP contribution in [-0.4, -0.2) is 37.8 Å². The van der Waals surface area contributed by atoms with Gasteiger partial charge in [-0.2, -0.15) is 17.6 Å². The molecule has 2 aromatic carbocycles. The second-order valence-corrected chi connectivity index (χ2v) is 7.70. The highest BCUT2D eigenvalue weighted by molar-refractivity contribution is 5.95. The van der Waals surface area contributed by atoms with Crippen LogP contribution in [0.25, 0.3) is 0 Å². The molecule has 30 heavy (non-hydrogen) atoms. The lowest BCUT2D eigenvalue weighted by Gasteiger charge is -2.26. The Morgan fingerprint density at radius 1 is 1.07 bits per heavy atom. The predicted octanol–water partition coefficient (Wildman–Crippen LogP) is 4.34. The van der Waals surface area contributed by atoms with E-state index >= 15 is 0 Å². The number of fused-ring (bicyclic) bond motifs is 1. The summed E-state index contributed by atoms with van der Waals surface area (Å²) in [4.78, 5) is 16.4. The quantitative estimate of drug-likeness (QED) is 0.743. The van der Waals surface area contributed by atoms with Crippen molar-refractivity contribution < 1.29 is 27.5 Å². The first kappa shape index (κ1) is 22.1. The number of carbonyl (C=O) groups is 1. The van der Waals surface area contributed by atoms with Crippen molar-refractivity contribution in [3.05, 3.63) is 59.2 Å². The molecule has 162 valence electrons. The number of hydrogen-bond acceptors (Lipinski definition) is 3. The third-order valence-corrected chi connectivity index (χ3v) is 5.32. The number of carbonyl (C=O) groups excluding carboxylic acids is 1. The lowest BCUT2D eigenvalue weighted by molar-refractivity contribution is -0.323. The van der Waals surface area contributed by atoms with E-state index in [-0.39, 0.29) is 12.3 Å². The van der Waals surface area contributed by atoms with E-state index in [0.717, 1.165) is 23.4 Å². The highest BCUT2D eigenvalue weighted by atomic mass is 19.4. The Bertz CT molecular complexity index is 908. The Kier molecular flexibility index (Phi) is 6.08. The minimum absolute atomic E-state index is 0.143. The van der Waals surface area contributed by atoms with E-state index < -0.39 is 17.6 Å². The average molecular weight is 424 g/mol. The van der Waals surface area contributed by atoms with Crippen LogP contribution < -0.4 is 9.80 Å². The van der Waals surface area contributed by atoms with Gasteiger partial charge in [0.25, 0.3) is 0 Å². The van der Waals surface area contributed by atoms with Crippen LogP contribution in [0.3, 0.4) is 0 Å². The SMILES string of the molecule is CN(C)c1ccc(CC(=O)N2CCCCc3cc(C(O)(F)C(F)(F)F)ccc32)cc1. The van der Waals surface area contributed by atoms with Crippen LogP contribution >= 0.6 is 0 Å². The van der Waals surface area contributed by atoms with E-state index in [1.807, 2.05) is 43.3 Å². The molecule has 1 aliphatic heterocycles. The van der Waals surface area contributed by atoms with Crippen molar-refractivity contribution in [3.8, 4) is 0 Å². The summed E-state index contributed by atoms with van der Waals surface area (Å²) in [6, 6.07) is 10.7. The minimum Gasteiger partial charge on any atom is -0.378 e. The molecule has 0 fully saturated rings. The summed E-state index contributed by atoms with van der Waals surface area (Å²) in [5.74, 6) is -4.62. The van der Waals surface area contributed by atoms with Crippen LogP contribution in [0.2, 0.25) is 0 Å². The molecule has 1 atom stereocenters. The zero-order valence-corrected chi connectivity index (χ0v) is 16.8. The molecule has 4 nitrogen and oxygen atoms in total. The molecule has 1 unspecified atom stereocenters. The van der Waals surface area contributed by atoms with E-state index in [4.69, 9.17) is 0 Å². The monoisotopic (exact) mass is 424 g/mol. The van der Waals surface area contributed by atoms with Crippen LogP contribution in [0.5, 0.6) is 0 Å². The van der Waals surface area contributed by atoms with Crippen LogP contribution in [0.1, 0.15) is 29.5 Å². The van der Waals surface area contributed by atoms with Gasteiger partial charge in [-0.15, -0.1) is 0 Å². The molecule has 0 saturated heterocycles. The van der Waals surface area contributed by atoms with Crippen molar-refractivity contribution in [3.63, 3.8) is 0 Å². The highest BCUT2D eigenvalue weighted by Crippen LogP contribution is 2.42. The number of amides is 1. The Morgan fingerprint density at radius 2 is 1.73 bits per heavy atom. The zero-order chi connectivity index (χ0) is 22.1. The predicted molar refractivity (Wildman–Crippen MR) is 107 cm³/mol. The summed E-state index contributed by atoms with van der Waals surface area (Å²) in [6.07, 6.45) is -3.58. The molecule has 0 aliphatic carbocycles. The molecule has 1 aliphatic rings. The third-order valence-electron chi connectivity index (χ3n) is 5.32. The first-order valence-electron chi connectivity index (χ1n) is 9.69. The van der Waals surface area contributed by atoms with Crippen molar-refractivity contribution in [2.45, 2.75) is 37.7 Å². The summed E-state index contributed by atoms with van der Waals surface area (Å²) in [6.45, 7) is 0.431. The van der Waals surface area contributed by atoms with Crippen molar-refractivity contribution in [2.75, 3.05) is 30.4 Å². The summed E-state index contributed by atoms with van der Waals surface area (Å²) < 4.78 is 52.6. The molecular formula is C22H24F4N2O2. The largest absolute Gasteiger partial charge is 0.453 e. The molecule has 8 heteroatoms. The van der Waals surface area contributed by atoms with Crippen LogP contribution in [0.4, 0.5) is 28.9 Å². The fourth-order valence-electron chi connectivity index (χ4n) is 3.57. The molecule has 1 N–H and O–H groups in total. The lowest BCUT2D eigenvalue weighted by atomic mass is 9.99. The number of halogens is 4. The number of hydrogen-bond donors (Lipinski definition) is 1. The number of benzene rings is 2. The van der Waals surface area contributed by atoms with Crippen LogP contribution in [0.15, 0.2) is 42.5 Å². The van der Waals surface area contributed by atoms with Gasteiger partial charge in [0.2, 0.25) is 5.91 Å². The fourth-order valence-corrected chi connectivity index (χ4v) is 3.57. The van der Waals surface area contributed by atoms with E-state index in [2.05, 4.69) is 0 Å². The summed E-state index contributed by atoms with van der Waals surface area (Å²) in [5, 5.41) is 9.35. The van der Waals surface area contributed by atoms with E-state index in [9.17, 15) is 27.5 Å². The average Bonchev–Trinajstić information content (AvgIpc) is 2.89. The first-order valence-corrected chi connectivity index (χ1v) is 9.69. The fraction of sp³-hybridized carbons (Fsp3) is 0.409. The summed E-state index contributed by atoms with van der Waals surface area (Å²) >= 11 is 0. The highest BCUT2D eigenvalue weighted by Gasteiger charge is 2.56. The van der Waals surface area contributed by atoms with Crippen LogP contribution in [-0.2, 0) is 23.5 Å². The van der Waals surface area contributed by atoms with Gasteiger partial charge in [-0.05, 0) is 54.7 Å². The number of aryl methyl sites for hydroxylation is 1. The molecule has 1 heterocycles. The molecule has 0 bridgehead atoms. The Morgan fingerprint density at radius 3 is 2.33 bits per heavy atom. The van der Waals surface area contributed by atoms with Gasteiger partial charge >= 0.3 is 12.0 Å². The standard InChI is InChI=1S/C22H24F4N2O2/c1-27(2)18-9-6-15(7-10-18)13-20(29)28-12-4-3-5-16-14-17(8-11-19(16)28)21(23,30)22(24,25)26/h6-11,14,30H,3-5,12-13H2,1-2H3. The smallest absolute Gasteiger partial charge is 0.378 e. The maximum absolute atomic E-state index is 14.0. The second kappa shape index (κ2) is 8.26. The number of anilines is 2. The second-order valence-electron chi connectivity index (χ2n) is 7.70. The normalized spacial score (nSPS) is 16.4. The summed E-state index contributed by atoms with van der Waals surface area (Å²) in [7, 11) is 3.83. The molecular weight excluding hydrogens is 400 g/mol. The van der Waals surface area contributed by atoms with Crippen molar-refractivity contribution in [2.24, 2.45) is 0 Å². The van der Waals surface area contributed by atoms with E-state index in [0.29, 0.717) is 37.1 Å². The maximum Gasteiger partial charge on any atom is 0.453 e. The van der Waals surface area contributed by atoms with Gasteiger partial charge in [-0.1, -0.05) is 18.2 Å². The molecule has 0 radical (unpaired) electrons.